The third-order valence-corrected chi connectivity index (χ3v) is 2.17. The van der Waals surface area contributed by atoms with Crippen molar-refractivity contribution in [1.29, 1.82) is 0 Å². The Morgan fingerprint density at radius 3 is 2.81 bits per heavy atom. The third kappa shape index (κ3) is 2.38. The normalized spacial score (nSPS) is 10.6. The molecule has 0 atom stereocenters. The highest BCUT2D eigenvalue weighted by Gasteiger charge is 2.25. The van der Waals surface area contributed by atoms with Crippen LogP contribution in [0.25, 0.3) is 0 Å². The summed E-state index contributed by atoms with van der Waals surface area (Å²) in [7, 11) is 0. The molecule has 0 aliphatic carbocycles. The highest BCUT2D eigenvalue weighted by molar-refractivity contribution is 6.36. The first-order valence-electron chi connectivity index (χ1n) is 4.38. The third-order valence-electron chi connectivity index (χ3n) is 1.76. The highest BCUT2D eigenvalue weighted by Crippen LogP contribution is 2.30. The van der Waals surface area contributed by atoms with E-state index in [4.69, 9.17) is 17.3 Å². The first-order chi connectivity index (χ1) is 7.49. The maximum Gasteiger partial charge on any atom is 0.341 e. The lowest BCUT2D eigenvalue weighted by atomic mass is 10.2. The second-order valence-corrected chi connectivity index (χ2v) is 3.19. The molecule has 0 saturated carbocycles. The van der Waals surface area contributed by atoms with E-state index in [0.717, 1.165) is 6.20 Å². The van der Waals surface area contributed by atoms with Gasteiger partial charge in [-0.05, 0) is 6.92 Å². The lowest BCUT2D eigenvalue weighted by Gasteiger charge is -2.10. The molecule has 7 heteroatoms. The molecule has 0 fully saturated rings. The molecule has 0 aromatic carbocycles. The van der Waals surface area contributed by atoms with Crippen molar-refractivity contribution >= 4 is 23.3 Å². The molecule has 0 radical (unpaired) electrons. The predicted octanol–water partition coefficient (Wildman–Crippen LogP) is 2.43. The van der Waals surface area contributed by atoms with Crippen molar-refractivity contribution in [3.63, 3.8) is 0 Å². The van der Waals surface area contributed by atoms with Crippen LogP contribution in [-0.4, -0.2) is 17.6 Å². The maximum absolute atomic E-state index is 12.6. The number of nitrogens with zero attached hydrogens (tertiary/aromatic N) is 1. The highest BCUT2D eigenvalue weighted by atomic mass is 35.5. The maximum atomic E-state index is 12.6. The number of carbonyl (C=O) groups is 1. The number of ether oxygens (including phenoxy) is 1. The SMILES string of the molecule is CCOC(=O)c1c(C(F)F)ncc(N)c1Cl. The van der Waals surface area contributed by atoms with Crippen molar-refractivity contribution in [2.24, 2.45) is 0 Å². The molecule has 0 aliphatic heterocycles. The van der Waals surface area contributed by atoms with Gasteiger partial charge in [-0.25, -0.2) is 13.6 Å². The molecule has 1 heterocycles. The standard InChI is InChI=1S/C9H9ClF2N2O2/c1-2-16-9(15)5-6(10)4(13)3-14-7(5)8(11)12/h3,8H,2,13H2,1H3. The van der Waals surface area contributed by atoms with Gasteiger partial charge in [0, 0.05) is 0 Å². The summed E-state index contributed by atoms with van der Waals surface area (Å²) in [6.07, 6.45) is -1.94. The minimum Gasteiger partial charge on any atom is -0.462 e. The molecule has 4 nitrogen and oxygen atoms in total. The second-order valence-electron chi connectivity index (χ2n) is 2.81. The second kappa shape index (κ2) is 5.07. The molecular formula is C9H9ClF2N2O2. The predicted molar refractivity (Wildman–Crippen MR) is 54.6 cm³/mol. The molecule has 2 N–H and O–H groups in total. The lowest BCUT2D eigenvalue weighted by Crippen LogP contribution is -2.12. The minimum atomic E-state index is -2.92. The number of pyridine rings is 1. The number of nitrogens with two attached hydrogens (primary N) is 1. The number of nitrogen functional groups attached to an aromatic ring is 1. The molecule has 0 unspecified atom stereocenters. The summed E-state index contributed by atoms with van der Waals surface area (Å²) in [5.41, 5.74) is 4.13. The van der Waals surface area contributed by atoms with Crippen LogP contribution in [0.5, 0.6) is 0 Å². The summed E-state index contributed by atoms with van der Waals surface area (Å²) in [6, 6.07) is 0. The Hall–Kier alpha value is -1.43. The molecule has 88 valence electrons. The zero-order valence-electron chi connectivity index (χ0n) is 8.34. The Morgan fingerprint density at radius 2 is 2.31 bits per heavy atom. The zero-order valence-corrected chi connectivity index (χ0v) is 9.09. The van der Waals surface area contributed by atoms with Gasteiger partial charge in [-0.2, -0.15) is 0 Å². The van der Waals surface area contributed by atoms with Crippen LogP contribution < -0.4 is 5.73 Å². The van der Waals surface area contributed by atoms with Gasteiger partial charge in [0.1, 0.15) is 11.3 Å². The van der Waals surface area contributed by atoms with Crippen molar-refractivity contribution < 1.29 is 18.3 Å². The van der Waals surface area contributed by atoms with Crippen LogP contribution in [-0.2, 0) is 4.74 Å². The van der Waals surface area contributed by atoms with Crippen molar-refractivity contribution in [2.45, 2.75) is 13.3 Å². The van der Waals surface area contributed by atoms with Gasteiger partial charge in [-0.15, -0.1) is 0 Å². The van der Waals surface area contributed by atoms with Crippen LogP contribution >= 0.6 is 11.6 Å². The number of esters is 1. The molecule has 1 aromatic rings. The van der Waals surface area contributed by atoms with E-state index in [0.29, 0.717) is 0 Å². The van der Waals surface area contributed by atoms with E-state index in [9.17, 15) is 13.6 Å². The van der Waals surface area contributed by atoms with Gasteiger partial charge in [0.05, 0.1) is 23.5 Å². The van der Waals surface area contributed by atoms with Crippen LogP contribution in [0.15, 0.2) is 6.20 Å². The smallest absolute Gasteiger partial charge is 0.341 e. The van der Waals surface area contributed by atoms with Crippen molar-refractivity contribution in [1.82, 2.24) is 4.98 Å². The van der Waals surface area contributed by atoms with E-state index in [1.807, 2.05) is 0 Å². The Bertz CT molecular complexity index is 413. The van der Waals surface area contributed by atoms with Gasteiger partial charge >= 0.3 is 5.97 Å². The molecule has 1 rings (SSSR count). The van der Waals surface area contributed by atoms with Crippen LogP contribution in [0, 0.1) is 0 Å². The number of hydrogen-bond acceptors (Lipinski definition) is 4. The van der Waals surface area contributed by atoms with Crippen LogP contribution in [0.1, 0.15) is 29.4 Å². The van der Waals surface area contributed by atoms with E-state index < -0.39 is 23.7 Å². The fourth-order valence-electron chi connectivity index (χ4n) is 1.08. The number of aromatic nitrogens is 1. The topological polar surface area (TPSA) is 65.2 Å². The van der Waals surface area contributed by atoms with Crippen LogP contribution in [0.3, 0.4) is 0 Å². The molecule has 1 aromatic heterocycles. The largest absolute Gasteiger partial charge is 0.462 e. The van der Waals surface area contributed by atoms with E-state index in [1.54, 1.807) is 6.92 Å². The monoisotopic (exact) mass is 250 g/mol. The molecular weight excluding hydrogens is 242 g/mol. The van der Waals surface area contributed by atoms with Crippen molar-refractivity contribution in [2.75, 3.05) is 12.3 Å². The molecule has 0 amide bonds. The number of rotatable bonds is 3. The van der Waals surface area contributed by atoms with E-state index in [1.165, 1.54) is 0 Å². The summed E-state index contributed by atoms with van der Waals surface area (Å²) in [5, 5.41) is -0.260. The summed E-state index contributed by atoms with van der Waals surface area (Å²) in [6.45, 7) is 1.60. The summed E-state index contributed by atoms with van der Waals surface area (Å²) < 4.78 is 29.7. The molecule has 0 bridgehead atoms. The first kappa shape index (κ1) is 12.6. The van der Waals surface area contributed by atoms with Gasteiger partial charge in [-0.1, -0.05) is 11.6 Å². The lowest BCUT2D eigenvalue weighted by molar-refractivity contribution is 0.0514. The van der Waals surface area contributed by atoms with E-state index >= 15 is 0 Å². The quantitative estimate of drug-likeness (QED) is 0.837. The average molecular weight is 251 g/mol. The number of carbonyl (C=O) groups excluding carboxylic acids is 1. The van der Waals surface area contributed by atoms with E-state index in [2.05, 4.69) is 9.72 Å². The molecule has 16 heavy (non-hydrogen) atoms. The van der Waals surface area contributed by atoms with Crippen LogP contribution in [0.4, 0.5) is 14.5 Å². The first-order valence-corrected chi connectivity index (χ1v) is 4.76. The number of alkyl halides is 2. The van der Waals surface area contributed by atoms with Crippen molar-refractivity contribution in [3.05, 3.63) is 22.5 Å². The van der Waals surface area contributed by atoms with Crippen molar-refractivity contribution in [3.8, 4) is 0 Å². The van der Waals surface area contributed by atoms with Gasteiger partial charge in [-0.3, -0.25) is 4.98 Å². The fraction of sp³-hybridized carbons (Fsp3) is 0.333. The molecule has 0 aliphatic rings. The average Bonchev–Trinajstić information content (AvgIpc) is 2.21. The van der Waals surface area contributed by atoms with E-state index in [-0.39, 0.29) is 17.3 Å². The zero-order chi connectivity index (χ0) is 12.3. The summed E-state index contributed by atoms with van der Waals surface area (Å²) in [5.74, 6) is -0.956. The minimum absolute atomic E-state index is 0.0471. The van der Waals surface area contributed by atoms with Gasteiger partial charge < -0.3 is 10.5 Å². The number of anilines is 1. The fourth-order valence-corrected chi connectivity index (χ4v) is 1.30. The van der Waals surface area contributed by atoms with Gasteiger partial charge in [0.15, 0.2) is 0 Å². The molecule has 0 saturated heterocycles. The van der Waals surface area contributed by atoms with Crippen LogP contribution in [0.2, 0.25) is 5.02 Å². The Labute approximate surface area is 95.4 Å². The number of halogens is 3. The van der Waals surface area contributed by atoms with Gasteiger partial charge in [0.2, 0.25) is 0 Å². The summed E-state index contributed by atoms with van der Waals surface area (Å²) in [4.78, 5) is 14.8. The van der Waals surface area contributed by atoms with Gasteiger partial charge in [0.25, 0.3) is 6.43 Å². The Kier molecular flexibility index (Phi) is 4.00. The number of hydrogen-bond donors (Lipinski definition) is 1. The Morgan fingerprint density at radius 1 is 1.69 bits per heavy atom. The Balaban J connectivity index is 3.31. The molecule has 0 spiro atoms. The summed E-state index contributed by atoms with van der Waals surface area (Å²) >= 11 is 5.67.